The average Bonchev–Trinajstić information content (AvgIpc) is 3.03. The van der Waals surface area contributed by atoms with Crippen molar-refractivity contribution in [2.24, 2.45) is 0 Å². The molecule has 0 saturated heterocycles. The van der Waals surface area contributed by atoms with E-state index in [1.807, 2.05) is 0 Å². The summed E-state index contributed by atoms with van der Waals surface area (Å²) < 4.78 is 39.4. The van der Waals surface area contributed by atoms with Gasteiger partial charge in [0.15, 0.2) is 11.3 Å². The van der Waals surface area contributed by atoms with E-state index in [9.17, 15) is 23.1 Å². The molecule has 0 aliphatic rings. The number of nitrogens with one attached hydrogen (secondary N) is 1. The van der Waals surface area contributed by atoms with Crippen LogP contribution in [-0.4, -0.2) is 44.0 Å². The number of aromatic nitrogens is 4. The highest BCUT2D eigenvalue weighted by Crippen LogP contribution is 2.30. The van der Waals surface area contributed by atoms with Gasteiger partial charge < -0.3 is 10.4 Å². The van der Waals surface area contributed by atoms with Gasteiger partial charge in [0.1, 0.15) is 11.0 Å². The van der Waals surface area contributed by atoms with Crippen molar-refractivity contribution in [3.05, 3.63) is 53.8 Å². The van der Waals surface area contributed by atoms with Crippen LogP contribution in [0.2, 0.25) is 0 Å². The zero-order valence-corrected chi connectivity index (χ0v) is 14.1. The minimum Gasteiger partial charge on any atom is -0.492 e. The molecule has 0 aliphatic heterocycles. The first kappa shape index (κ1) is 17.7. The monoisotopic (exact) mass is 387 g/mol. The molecular formula is C18H12F3N5O2. The van der Waals surface area contributed by atoms with Crippen LogP contribution >= 0.6 is 0 Å². The maximum Gasteiger partial charge on any atom is 0.255 e. The number of halogens is 3. The minimum absolute atomic E-state index is 0.0331. The molecule has 2 heterocycles. The molecule has 2 aromatic carbocycles. The van der Waals surface area contributed by atoms with Crippen LogP contribution in [0.4, 0.5) is 13.2 Å². The van der Waals surface area contributed by atoms with E-state index < -0.39 is 24.7 Å². The van der Waals surface area contributed by atoms with Crippen molar-refractivity contribution in [1.29, 1.82) is 0 Å². The highest BCUT2D eigenvalue weighted by molar-refractivity contribution is 6.03. The largest absolute Gasteiger partial charge is 0.492 e. The Bertz CT molecular complexity index is 1190. The topological polar surface area (TPSA) is 92.9 Å². The molecule has 28 heavy (non-hydrogen) atoms. The molecule has 4 rings (SSSR count). The number of nitrogens with zero attached hydrogens (tertiary/aromatic N) is 4. The van der Waals surface area contributed by atoms with Gasteiger partial charge in [-0.25, -0.2) is 13.2 Å². The van der Waals surface area contributed by atoms with Crippen LogP contribution in [0.3, 0.4) is 0 Å². The fourth-order valence-electron chi connectivity index (χ4n) is 2.79. The van der Waals surface area contributed by atoms with E-state index in [0.717, 1.165) is 0 Å². The second-order valence-corrected chi connectivity index (χ2v) is 5.92. The Kier molecular flexibility index (Phi) is 4.30. The zero-order valence-electron chi connectivity index (χ0n) is 14.1. The summed E-state index contributed by atoms with van der Waals surface area (Å²) in [6.45, 7) is -0.742. The molecule has 142 valence electrons. The van der Waals surface area contributed by atoms with Crippen LogP contribution in [0.5, 0.6) is 5.88 Å². The van der Waals surface area contributed by atoms with Crippen molar-refractivity contribution < 1.29 is 23.1 Å². The van der Waals surface area contributed by atoms with Crippen molar-refractivity contribution in [3.8, 4) is 11.6 Å². The number of rotatable bonds is 4. The van der Waals surface area contributed by atoms with Crippen LogP contribution in [0.1, 0.15) is 10.4 Å². The van der Waals surface area contributed by atoms with E-state index in [4.69, 9.17) is 0 Å². The molecule has 0 bridgehead atoms. The summed E-state index contributed by atoms with van der Waals surface area (Å²) in [6, 6.07) is 10.1. The van der Waals surface area contributed by atoms with E-state index in [1.165, 1.54) is 41.1 Å². The number of carbonyl (C=O) groups is 1. The summed E-state index contributed by atoms with van der Waals surface area (Å²) in [7, 11) is 0. The third-order valence-corrected chi connectivity index (χ3v) is 4.12. The summed E-state index contributed by atoms with van der Waals surface area (Å²) in [4.78, 5) is 11.8. The van der Waals surface area contributed by atoms with Gasteiger partial charge in [-0.2, -0.15) is 9.78 Å². The normalized spacial score (nSPS) is 11.4. The number of carbonyl (C=O) groups excluding carboxylic acids is 1. The van der Waals surface area contributed by atoms with E-state index >= 15 is 0 Å². The lowest BCUT2D eigenvalue weighted by molar-refractivity contribution is 0.0891. The fourth-order valence-corrected chi connectivity index (χ4v) is 2.79. The highest BCUT2D eigenvalue weighted by Gasteiger charge is 2.18. The molecule has 0 unspecified atom stereocenters. The van der Waals surface area contributed by atoms with Crippen molar-refractivity contribution in [3.63, 3.8) is 0 Å². The maximum absolute atomic E-state index is 13.9. The Morgan fingerprint density at radius 3 is 2.50 bits per heavy atom. The Labute approximate surface area is 155 Å². The smallest absolute Gasteiger partial charge is 0.255 e. The molecule has 10 heteroatoms. The van der Waals surface area contributed by atoms with Gasteiger partial charge in [0.2, 0.25) is 5.88 Å². The molecule has 0 radical (unpaired) electrons. The number of amides is 1. The van der Waals surface area contributed by atoms with Crippen LogP contribution in [0.25, 0.3) is 27.6 Å². The Balaban J connectivity index is 1.73. The Morgan fingerprint density at radius 2 is 1.79 bits per heavy atom. The van der Waals surface area contributed by atoms with Crippen LogP contribution in [0.15, 0.2) is 42.5 Å². The standard InChI is InChI=1S/C18H12F3N5O2/c19-12-3-1-2-11-14(12)23-24-16-15(11)25-26(18(16)28)10-6-4-9(5-7-10)17(27)22-8-13(20)21/h1-7,13,28H,8H2,(H,22,27). The summed E-state index contributed by atoms with van der Waals surface area (Å²) in [6.07, 6.45) is -2.64. The number of hydrogen-bond donors (Lipinski definition) is 2. The summed E-state index contributed by atoms with van der Waals surface area (Å²) in [5, 5.41) is 24.9. The van der Waals surface area contributed by atoms with Crippen LogP contribution in [0, 0.1) is 5.82 Å². The van der Waals surface area contributed by atoms with E-state index in [1.54, 1.807) is 6.07 Å². The maximum atomic E-state index is 13.9. The lowest BCUT2D eigenvalue weighted by Crippen LogP contribution is -2.28. The molecule has 2 N–H and O–H groups in total. The predicted molar refractivity (Wildman–Crippen MR) is 94.1 cm³/mol. The van der Waals surface area contributed by atoms with E-state index in [-0.39, 0.29) is 28.0 Å². The van der Waals surface area contributed by atoms with Gasteiger partial charge in [-0.1, -0.05) is 12.1 Å². The fraction of sp³-hybridized carbons (Fsp3) is 0.111. The average molecular weight is 387 g/mol. The first-order chi connectivity index (χ1) is 13.5. The highest BCUT2D eigenvalue weighted by atomic mass is 19.3. The van der Waals surface area contributed by atoms with E-state index in [2.05, 4.69) is 20.6 Å². The number of benzene rings is 2. The first-order valence-electron chi connectivity index (χ1n) is 8.15. The molecule has 0 fully saturated rings. The molecule has 1 amide bonds. The zero-order chi connectivity index (χ0) is 19.8. The molecule has 2 aromatic heterocycles. The van der Waals surface area contributed by atoms with Crippen LogP contribution < -0.4 is 5.32 Å². The third-order valence-electron chi connectivity index (χ3n) is 4.12. The first-order valence-corrected chi connectivity index (χ1v) is 8.15. The van der Waals surface area contributed by atoms with Crippen molar-refractivity contribution in [2.75, 3.05) is 6.54 Å². The van der Waals surface area contributed by atoms with Gasteiger partial charge in [-0.05, 0) is 30.3 Å². The lowest BCUT2D eigenvalue weighted by atomic mass is 10.2. The second-order valence-electron chi connectivity index (χ2n) is 5.92. The third kappa shape index (κ3) is 2.98. The van der Waals surface area contributed by atoms with Crippen molar-refractivity contribution in [1.82, 2.24) is 25.3 Å². The van der Waals surface area contributed by atoms with Crippen LogP contribution in [-0.2, 0) is 0 Å². The quantitative estimate of drug-likeness (QED) is 0.562. The molecule has 0 spiro atoms. The molecule has 0 saturated carbocycles. The molecular weight excluding hydrogens is 375 g/mol. The van der Waals surface area contributed by atoms with E-state index in [0.29, 0.717) is 11.1 Å². The van der Waals surface area contributed by atoms with Gasteiger partial charge in [0, 0.05) is 10.9 Å². The van der Waals surface area contributed by atoms with Gasteiger partial charge in [-0.3, -0.25) is 4.79 Å². The number of hydrogen-bond acceptors (Lipinski definition) is 5. The number of fused-ring (bicyclic) bond motifs is 3. The summed E-state index contributed by atoms with van der Waals surface area (Å²) >= 11 is 0. The minimum atomic E-state index is -2.64. The van der Waals surface area contributed by atoms with Crippen molar-refractivity contribution in [2.45, 2.75) is 6.43 Å². The second kappa shape index (κ2) is 6.80. The molecule has 4 aromatic rings. The number of alkyl halides is 2. The Hall–Kier alpha value is -3.69. The molecule has 7 nitrogen and oxygen atoms in total. The van der Waals surface area contributed by atoms with Gasteiger partial charge in [-0.15, -0.1) is 10.2 Å². The number of aromatic hydroxyl groups is 1. The molecule has 0 atom stereocenters. The van der Waals surface area contributed by atoms with Gasteiger partial charge in [0.25, 0.3) is 12.3 Å². The summed E-state index contributed by atoms with van der Waals surface area (Å²) in [5.41, 5.74) is 0.960. The Morgan fingerprint density at radius 1 is 1.07 bits per heavy atom. The van der Waals surface area contributed by atoms with Gasteiger partial charge >= 0.3 is 0 Å². The van der Waals surface area contributed by atoms with Gasteiger partial charge in [0.05, 0.1) is 12.2 Å². The van der Waals surface area contributed by atoms with Crippen molar-refractivity contribution >= 4 is 27.8 Å². The SMILES string of the molecule is O=C(NCC(F)F)c1ccc(-n2nc3c(nnc4c(F)cccc43)c2O)cc1. The summed E-state index contributed by atoms with van der Waals surface area (Å²) in [5.74, 6) is -1.50. The lowest BCUT2D eigenvalue weighted by Gasteiger charge is -2.06. The predicted octanol–water partition coefficient (Wildman–Crippen LogP) is 2.81. The molecule has 0 aliphatic carbocycles.